The van der Waals surface area contributed by atoms with Gasteiger partial charge in [-0.15, -0.1) is 0 Å². The second-order valence-corrected chi connectivity index (χ2v) is 8.18. The molecule has 158 valence electrons. The minimum absolute atomic E-state index is 0.100. The van der Waals surface area contributed by atoms with E-state index in [0.717, 1.165) is 18.1 Å². The molecule has 3 nitrogen and oxygen atoms in total. The average Bonchev–Trinajstić information content (AvgIpc) is 2.73. The molecule has 0 aromatic heterocycles. The smallest absolute Gasteiger partial charge is 0.145 e. The maximum absolute atomic E-state index is 9.47. The van der Waals surface area contributed by atoms with Crippen molar-refractivity contribution in [2.45, 2.75) is 77.0 Å². The third-order valence-corrected chi connectivity index (χ3v) is 5.73. The summed E-state index contributed by atoms with van der Waals surface area (Å²) in [6, 6.07) is 8.91. The molecule has 1 unspecified atom stereocenters. The van der Waals surface area contributed by atoms with E-state index >= 15 is 0 Å². The van der Waals surface area contributed by atoms with Gasteiger partial charge >= 0.3 is 0 Å². The Balaban J connectivity index is 0.000000696. The summed E-state index contributed by atoms with van der Waals surface area (Å²) < 4.78 is 5.19. The first-order valence-corrected chi connectivity index (χ1v) is 10.9. The predicted octanol–water partition coefficient (Wildman–Crippen LogP) is 6.02. The van der Waals surface area contributed by atoms with Crippen LogP contribution in [0.4, 0.5) is 0 Å². The van der Waals surface area contributed by atoms with E-state index in [1.165, 1.54) is 62.5 Å². The number of ether oxygens (including phenoxy) is 1. The SMILES string of the molecule is C=C(C)C=O.CCCCCC1CCC(c2ccc(C(CO)COC)cc2)CC1. The highest BCUT2D eigenvalue weighted by molar-refractivity contribution is 5.70. The van der Waals surface area contributed by atoms with Gasteiger partial charge in [-0.05, 0) is 61.1 Å². The summed E-state index contributed by atoms with van der Waals surface area (Å²) in [6.45, 7) is 7.98. The summed E-state index contributed by atoms with van der Waals surface area (Å²) in [5.41, 5.74) is 3.24. The molecule has 0 heterocycles. The summed E-state index contributed by atoms with van der Waals surface area (Å²) in [5, 5.41) is 9.47. The second-order valence-electron chi connectivity index (χ2n) is 8.18. The zero-order valence-corrected chi connectivity index (χ0v) is 18.2. The molecule has 0 amide bonds. The van der Waals surface area contributed by atoms with Crippen molar-refractivity contribution in [3.63, 3.8) is 0 Å². The molecule has 0 spiro atoms. The number of carbonyl (C=O) groups excluding carboxylic acids is 1. The molecule has 0 aliphatic heterocycles. The molecule has 1 atom stereocenters. The summed E-state index contributed by atoms with van der Waals surface area (Å²) in [6.07, 6.45) is 11.8. The first-order valence-electron chi connectivity index (χ1n) is 10.9. The van der Waals surface area contributed by atoms with Gasteiger partial charge in [0.1, 0.15) is 6.29 Å². The number of allylic oxidation sites excluding steroid dienone is 1. The van der Waals surface area contributed by atoms with Crippen molar-refractivity contribution in [1.29, 1.82) is 0 Å². The molecule has 1 aliphatic rings. The van der Waals surface area contributed by atoms with Crippen LogP contribution in [-0.2, 0) is 9.53 Å². The van der Waals surface area contributed by atoms with Gasteiger partial charge in [0.15, 0.2) is 0 Å². The zero-order valence-electron chi connectivity index (χ0n) is 18.2. The molecule has 0 bridgehead atoms. The molecule has 1 aromatic rings. The van der Waals surface area contributed by atoms with Crippen molar-refractivity contribution in [1.82, 2.24) is 0 Å². The lowest BCUT2D eigenvalue weighted by Crippen LogP contribution is -2.14. The molecule has 1 aliphatic carbocycles. The molecule has 0 saturated heterocycles. The van der Waals surface area contributed by atoms with E-state index in [0.29, 0.717) is 12.2 Å². The van der Waals surface area contributed by atoms with Gasteiger partial charge in [-0.3, -0.25) is 4.79 Å². The van der Waals surface area contributed by atoms with Crippen LogP contribution < -0.4 is 0 Å². The predicted molar refractivity (Wildman–Crippen MR) is 118 cm³/mol. The quantitative estimate of drug-likeness (QED) is 0.303. The third kappa shape index (κ3) is 9.16. The van der Waals surface area contributed by atoms with Gasteiger partial charge in [0.25, 0.3) is 0 Å². The average molecular weight is 389 g/mol. The standard InChI is InChI=1S/C21H34O2.C4H6O/c1-3-4-5-6-17-7-9-18(10-8-17)19-11-13-20(14-12-19)21(15-22)16-23-2;1-4(2)3-5/h11-14,17-18,21-22H,3-10,15-16H2,1-2H3;3H,1H2,2H3. The van der Waals surface area contributed by atoms with Gasteiger partial charge in [-0.1, -0.05) is 63.5 Å². The van der Waals surface area contributed by atoms with Crippen molar-refractivity contribution in [3.05, 3.63) is 47.5 Å². The van der Waals surface area contributed by atoms with Gasteiger partial charge in [0.2, 0.25) is 0 Å². The Morgan fingerprint density at radius 2 is 1.82 bits per heavy atom. The fourth-order valence-corrected chi connectivity index (χ4v) is 3.96. The summed E-state index contributed by atoms with van der Waals surface area (Å²) >= 11 is 0. The Morgan fingerprint density at radius 1 is 1.21 bits per heavy atom. The first kappa shape index (κ1) is 24.6. The number of aldehydes is 1. The van der Waals surface area contributed by atoms with E-state index in [2.05, 4.69) is 37.8 Å². The molecule has 2 rings (SSSR count). The van der Waals surface area contributed by atoms with Crippen LogP contribution in [0.25, 0.3) is 0 Å². The number of unbranched alkanes of at least 4 members (excludes halogenated alkanes) is 2. The number of methoxy groups -OCH3 is 1. The first-order chi connectivity index (χ1) is 13.5. The van der Waals surface area contributed by atoms with Crippen LogP contribution in [0, 0.1) is 5.92 Å². The van der Waals surface area contributed by atoms with Crippen molar-refractivity contribution in [3.8, 4) is 0 Å². The normalized spacial score (nSPS) is 20.0. The van der Waals surface area contributed by atoms with E-state index in [9.17, 15) is 9.90 Å². The van der Waals surface area contributed by atoms with Crippen molar-refractivity contribution in [2.75, 3.05) is 20.3 Å². The Hall–Kier alpha value is -1.45. The third-order valence-electron chi connectivity index (χ3n) is 5.73. The highest BCUT2D eigenvalue weighted by atomic mass is 16.5. The molecule has 1 fully saturated rings. The van der Waals surface area contributed by atoms with Crippen LogP contribution in [0.3, 0.4) is 0 Å². The number of hydrogen-bond acceptors (Lipinski definition) is 3. The molecule has 3 heteroatoms. The fourth-order valence-electron chi connectivity index (χ4n) is 3.96. The van der Waals surface area contributed by atoms with E-state index in [1.54, 1.807) is 14.0 Å². The topological polar surface area (TPSA) is 46.5 Å². The van der Waals surface area contributed by atoms with Gasteiger partial charge in [-0.2, -0.15) is 0 Å². The summed E-state index contributed by atoms with van der Waals surface area (Å²) in [5.74, 6) is 1.81. The van der Waals surface area contributed by atoms with Gasteiger partial charge in [0, 0.05) is 13.0 Å². The van der Waals surface area contributed by atoms with E-state index in [1.807, 2.05) is 0 Å². The largest absolute Gasteiger partial charge is 0.396 e. The van der Waals surface area contributed by atoms with Gasteiger partial charge in [-0.25, -0.2) is 0 Å². The Labute approximate surface area is 172 Å². The maximum Gasteiger partial charge on any atom is 0.145 e. The number of rotatable bonds is 10. The minimum atomic E-state index is 0.100. The zero-order chi connectivity index (χ0) is 20.8. The Bertz CT molecular complexity index is 541. The molecular formula is C25H40O3. The maximum atomic E-state index is 9.47. The lowest BCUT2D eigenvalue weighted by molar-refractivity contribution is -0.104. The number of hydrogen-bond donors (Lipinski definition) is 1. The van der Waals surface area contributed by atoms with Crippen LogP contribution in [0.5, 0.6) is 0 Å². The second kappa shape index (κ2) is 14.5. The highest BCUT2D eigenvalue weighted by Crippen LogP contribution is 2.38. The number of benzene rings is 1. The number of aliphatic hydroxyl groups excluding tert-OH is 1. The summed E-state index contributed by atoms with van der Waals surface area (Å²) in [4.78, 5) is 9.41. The van der Waals surface area contributed by atoms with E-state index < -0.39 is 0 Å². The molecule has 0 radical (unpaired) electrons. The Kier molecular flexibility index (Phi) is 12.8. The lowest BCUT2D eigenvalue weighted by Gasteiger charge is -2.29. The van der Waals surface area contributed by atoms with Crippen molar-refractivity contribution in [2.24, 2.45) is 5.92 Å². The van der Waals surface area contributed by atoms with Crippen LogP contribution in [0.2, 0.25) is 0 Å². The van der Waals surface area contributed by atoms with Crippen LogP contribution in [-0.4, -0.2) is 31.7 Å². The summed E-state index contributed by atoms with van der Waals surface area (Å²) in [7, 11) is 1.69. The monoisotopic (exact) mass is 388 g/mol. The molecule has 28 heavy (non-hydrogen) atoms. The fraction of sp³-hybridized carbons (Fsp3) is 0.640. The molecule has 1 saturated carbocycles. The van der Waals surface area contributed by atoms with E-state index in [-0.39, 0.29) is 12.5 Å². The van der Waals surface area contributed by atoms with Crippen LogP contribution in [0.15, 0.2) is 36.4 Å². The number of aliphatic hydroxyl groups is 1. The molecule has 1 N–H and O–H groups in total. The van der Waals surface area contributed by atoms with Crippen molar-refractivity contribution >= 4 is 6.29 Å². The van der Waals surface area contributed by atoms with Crippen LogP contribution in [0.1, 0.15) is 88.2 Å². The molecule has 1 aromatic carbocycles. The van der Waals surface area contributed by atoms with E-state index in [4.69, 9.17) is 4.74 Å². The Morgan fingerprint density at radius 3 is 2.29 bits per heavy atom. The highest BCUT2D eigenvalue weighted by Gasteiger charge is 2.22. The molecular weight excluding hydrogens is 348 g/mol. The minimum Gasteiger partial charge on any atom is -0.396 e. The van der Waals surface area contributed by atoms with Crippen molar-refractivity contribution < 1.29 is 14.6 Å². The lowest BCUT2D eigenvalue weighted by atomic mass is 9.77. The van der Waals surface area contributed by atoms with Gasteiger partial charge < -0.3 is 9.84 Å². The number of carbonyl (C=O) groups is 1. The van der Waals surface area contributed by atoms with Crippen LogP contribution >= 0.6 is 0 Å². The van der Waals surface area contributed by atoms with Gasteiger partial charge in [0.05, 0.1) is 13.2 Å².